The predicted molar refractivity (Wildman–Crippen MR) is 160 cm³/mol. The zero-order valence-electron chi connectivity index (χ0n) is 22.8. The van der Waals surface area contributed by atoms with Crippen LogP contribution < -0.4 is 5.32 Å². The van der Waals surface area contributed by atoms with Crippen molar-refractivity contribution >= 4 is 79.4 Å². The Morgan fingerprint density at radius 1 is 0.870 bits per heavy atom. The third-order valence-electron chi connectivity index (χ3n) is 6.93. The molecule has 17 heteroatoms. The quantitative estimate of drug-likeness (QED) is 0.125. The van der Waals surface area contributed by atoms with Gasteiger partial charge in [-0.3, -0.25) is 14.4 Å². The fourth-order valence-corrected chi connectivity index (χ4v) is 7.25. The van der Waals surface area contributed by atoms with E-state index in [1.165, 1.54) is 30.3 Å². The van der Waals surface area contributed by atoms with E-state index in [1.807, 2.05) is 0 Å². The largest absolute Gasteiger partial charge is 0.402 e. The monoisotopic (exact) mass is 747 g/mol. The fraction of sp³-hybridized carbons (Fsp3) is 0.276. The number of alkyl halides is 5. The molecule has 0 aromatic heterocycles. The minimum absolute atomic E-state index is 0.0654. The van der Waals surface area contributed by atoms with Crippen LogP contribution >= 0.6 is 46.4 Å². The van der Waals surface area contributed by atoms with Gasteiger partial charge in [0.05, 0.1) is 16.0 Å². The molecule has 0 radical (unpaired) electrons. The molecule has 246 valence electrons. The van der Waals surface area contributed by atoms with E-state index in [0.717, 1.165) is 12.1 Å². The van der Waals surface area contributed by atoms with Crippen LogP contribution in [0.5, 0.6) is 0 Å². The van der Waals surface area contributed by atoms with Crippen molar-refractivity contribution in [2.24, 2.45) is 5.92 Å². The molecule has 3 aromatic carbocycles. The number of rotatable bonds is 11. The standard InChI is InChI=1S/C29H19Cl4F6NO5S/c30-19-4-3-15(40-27(43)25-24(29(25,32)33)13-1-6-22(35)20(31)7-13)9-17(19)23(42)8-14-2-5-21(34)18(26(14)36)10-16(41)11-46(44,45)12-28(37,38)39/h1-7,9,24-25H,8,10-12H2,(H,40,43)/t24-,25+/m0/s1. The third kappa shape index (κ3) is 8.35. The van der Waals surface area contributed by atoms with Crippen LogP contribution in [0, 0.1) is 23.4 Å². The van der Waals surface area contributed by atoms with E-state index < -0.39 is 103 Å². The van der Waals surface area contributed by atoms with Crippen molar-refractivity contribution in [2.45, 2.75) is 29.3 Å². The van der Waals surface area contributed by atoms with Gasteiger partial charge in [-0.05, 0) is 47.5 Å². The van der Waals surface area contributed by atoms with Crippen LogP contribution in [0.3, 0.4) is 0 Å². The highest BCUT2D eigenvalue weighted by molar-refractivity contribution is 7.92. The average molecular weight is 749 g/mol. The number of nitrogens with one attached hydrogen (secondary N) is 1. The lowest BCUT2D eigenvalue weighted by molar-refractivity contribution is -0.118. The van der Waals surface area contributed by atoms with Crippen molar-refractivity contribution in [1.82, 2.24) is 0 Å². The summed E-state index contributed by atoms with van der Waals surface area (Å²) in [6, 6.07) is 9.16. The van der Waals surface area contributed by atoms with Crippen molar-refractivity contribution in [3.8, 4) is 0 Å². The summed E-state index contributed by atoms with van der Waals surface area (Å²) >= 11 is 24.6. The Labute approximate surface area is 277 Å². The van der Waals surface area contributed by atoms with E-state index in [0.29, 0.717) is 11.6 Å². The number of hydrogen-bond donors (Lipinski definition) is 1. The molecule has 0 spiro atoms. The van der Waals surface area contributed by atoms with Gasteiger partial charge in [-0.25, -0.2) is 21.6 Å². The molecule has 4 rings (SSSR count). The molecular weight excluding hydrogens is 730 g/mol. The lowest BCUT2D eigenvalue weighted by atomic mass is 9.98. The Hall–Kier alpha value is -2.84. The van der Waals surface area contributed by atoms with Crippen molar-refractivity contribution < 1.29 is 49.1 Å². The van der Waals surface area contributed by atoms with E-state index in [1.54, 1.807) is 0 Å². The van der Waals surface area contributed by atoms with Gasteiger partial charge in [-0.1, -0.05) is 35.3 Å². The average Bonchev–Trinajstić information content (AvgIpc) is 3.50. The second-order valence-corrected chi connectivity index (χ2v) is 14.8. The lowest BCUT2D eigenvalue weighted by Crippen LogP contribution is -2.29. The number of anilines is 1. The molecule has 1 amide bonds. The smallest absolute Gasteiger partial charge is 0.326 e. The first-order valence-electron chi connectivity index (χ1n) is 12.9. The molecule has 6 nitrogen and oxygen atoms in total. The molecule has 1 aliphatic carbocycles. The first-order valence-corrected chi connectivity index (χ1v) is 16.2. The number of benzene rings is 3. The van der Waals surface area contributed by atoms with Crippen LogP contribution in [0.1, 0.15) is 33.0 Å². The summed E-state index contributed by atoms with van der Waals surface area (Å²) in [5.74, 6) is -11.8. The Kier molecular flexibility index (Phi) is 10.4. The van der Waals surface area contributed by atoms with Crippen LogP contribution in [0.4, 0.5) is 32.0 Å². The second-order valence-electron chi connectivity index (χ2n) is 10.4. The van der Waals surface area contributed by atoms with Crippen molar-refractivity contribution in [3.63, 3.8) is 0 Å². The Morgan fingerprint density at radius 3 is 2.15 bits per heavy atom. The summed E-state index contributed by atoms with van der Waals surface area (Å²) in [5.41, 5.74) is -1.08. The molecule has 1 saturated carbocycles. The molecule has 1 fully saturated rings. The maximum atomic E-state index is 15.2. The zero-order chi connectivity index (χ0) is 34.4. The van der Waals surface area contributed by atoms with Gasteiger partial charge >= 0.3 is 6.18 Å². The summed E-state index contributed by atoms with van der Waals surface area (Å²) in [7, 11) is -4.95. The summed E-state index contributed by atoms with van der Waals surface area (Å²) in [5, 5.41) is 2.25. The molecule has 2 atom stereocenters. The molecular formula is C29H19Cl4F6NO5S. The normalized spacial score (nSPS) is 17.4. The van der Waals surface area contributed by atoms with Crippen LogP contribution in [-0.4, -0.2) is 47.9 Å². The number of amides is 1. The van der Waals surface area contributed by atoms with Crippen LogP contribution in [-0.2, 0) is 32.3 Å². The van der Waals surface area contributed by atoms with Gasteiger partial charge in [-0.2, -0.15) is 13.2 Å². The lowest BCUT2D eigenvalue weighted by Gasteiger charge is -2.12. The SMILES string of the molecule is O=C(Cc1c(F)ccc(CC(=O)c2cc(NC(=O)[C@H]3[C@H](c4ccc(F)c(Cl)c4)C3(Cl)Cl)ccc2Cl)c1F)CS(=O)(=O)CC(F)(F)F. The maximum absolute atomic E-state index is 15.2. The van der Waals surface area contributed by atoms with Crippen molar-refractivity contribution in [1.29, 1.82) is 0 Å². The van der Waals surface area contributed by atoms with E-state index in [9.17, 15) is 44.8 Å². The summed E-state index contributed by atoms with van der Waals surface area (Å²) in [6.45, 7) is 0. The summed E-state index contributed by atoms with van der Waals surface area (Å²) < 4.78 is 102. The van der Waals surface area contributed by atoms with Gasteiger partial charge in [0.1, 0.15) is 33.3 Å². The van der Waals surface area contributed by atoms with Gasteiger partial charge in [0.2, 0.25) is 5.91 Å². The Morgan fingerprint density at radius 2 is 1.52 bits per heavy atom. The molecule has 3 aromatic rings. The number of halogens is 10. The number of ketones is 2. The Balaban J connectivity index is 1.48. The third-order valence-corrected chi connectivity index (χ3v) is 10.0. The minimum atomic E-state index is -5.12. The summed E-state index contributed by atoms with van der Waals surface area (Å²) in [6.07, 6.45) is -7.04. The Bertz CT molecular complexity index is 1850. The highest BCUT2D eigenvalue weighted by Gasteiger charge is 2.67. The number of carbonyl (C=O) groups is 3. The molecule has 0 aliphatic heterocycles. The molecule has 46 heavy (non-hydrogen) atoms. The van der Waals surface area contributed by atoms with Crippen LogP contribution in [0.2, 0.25) is 10.0 Å². The van der Waals surface area contributed by atoms with Crippen molar-refractivity contribution in [3.05, 3.63) is 98.3 Å². The molecule has 0 heterocycles. The van der Waals surface area contributed by atoms with E-state index >= 15 is 4.39 Å². The van der Waals surface area contributed by atoms with Crippen molar-refractivity contribution in [2.75, 3.05) is 16.8 Å². The number of carbonyl (C=O) groups excluding carboxylic acids is 3. The number of Topliss-reactive ketones (excluding diaryl/α,β-unsaturated/α-hetero) is 2. The van der Waals surface area contributed by atoms with E-state index in [-0.39, 0.29) is 21.3 Å². The van der Waals surface area contributed by atoms with Gasteiger partial charge in [0.15, 0.2) is 21.4 Å². The molecule has 1 N–H and O–H groups in total. The van der Waals surface area contributed by atoms with Crippen LogP contribution in [0.15, 0.2) is 48.5 Å². The van der Waals surface area contributed by atoms with Crippen LogP contribution in [0.25, 0.3) is 0 Å². The molecule has 1 aliphatic rings. The molecule has 0 unspecified atom stereocenters. The highest BCUT2D eigenvalue weighted by Crippen LogP contribution is 2.65. The van der Waals surface area contributed by atoms with Gasteiger partial charge in [0.25, 0.3) is 0 Å². The minimum Gasteiger partial charge on any atom is -0.326 e. The topological polar surface area (TPSA) is 97.4 Å². The first kappa shape index (κ1) is 36.0. The predicted octanol–water partition coefficient (Wildman–Crippen LogP) is 7.45. The number of sulfone groups is 1. The van der Waals surface area contributed by atoms with E-state index in [4.69, 9.17) is 46.4 Å². The van der Waals surface area contributed by atoms with E-state index in [2.05, 4.69) is 5.32 Å². The highest BCUT2D eigenvalue weighted by atomic mass is 35.5. The fourth-order valence-electron chi connectivity index (χ4n) is 4.82. The summed E-state index contributed by atoms with van der Waals surface area (Å²) in [4.78, 5) is 38.3. The molecule has 0 saturated heterocycles. The van der Waals surface area contributed by atoms with Gasteiger partial charge < -0.3 is 5.32 Å². The first-order chi connectivity index (χ1) is 21.2. The second kappa shape index (κ2) is 13.3. The maximum Gasteiger partial charge on any atom is 0.402 e. The number of hydrogen-bond acceptors (Lipinski definition) is 5. The zero-order valence-corrected chi connectivity index (χ0v) is 26.7. The van der Waals surface area contributed by atoms with Gasteiger partial charge in [0, 0.05) is 35.6 Å². The van der Waals surface area contributed by atoms with Gasteiger partial charge in [-0.15, -0.1) is 23.2 Å². The molecule has 0 bridgehead atoms.